The van der Waals surface area contributed by atoms with Gasteiger partial charge in [0.05, 0.1) is 0 Å². The van der Waals surface area contributed by atoms with Crippen molar-refractivity contribution >= 4 is 30.3 Å². The van der Waals surface area contributed by atoms with E-state index < -0.39 is 11.6 Å². The molecule has 2 heterocycles. The highest BCUT2D eigenvalue weighted by molar-refractivity contribution is 6.07. The number of likely N-dealkylation sites (tertiary alicyclic amines) is 1. The second kappa shape index (κ2) is 8.13. The number of carbonyl (C=O) groups excluding carboxylic acids is 3. The Morgan fingerprint density at radius 1 is 1.19 bits per heavy atom. The zero-order valence-corrected chi connectivity index (χ0v) is 16.3. The highest BCUT2D eigenvalue weighted by atomic mass is 35.5. The average Bonchev–Trinajstić information content (AvgIpc) is 2.89. The van der Waals surface area contributed by atoms with Crippen molar-refractivity contribution in [3.05, 3.63) is 0 Å². The smallest absolute Gasteiger partial charge is 0.322 e. The van der Waals surface area contributed by atoms with E-state index in [4.69, 9.17) is 5.73 Å². The van der Waals surface area contributed by atoms with Gasteiger partial charge in [0.25, 0.3) is 5.91 Å². The highest BCUT2D eigenvalue weighted by Gasteiger charge is 2.49. The van der Waals surface area contributed by atoms with E-state index in [0.29, 0.717) is 26.1 Å². The van der Waals surface area contributed by atoms with Gasteiger partial charge in [0, 0.05) is 19.5 Å². The third-order valence-electron chi connectivity index (χ3n) is 6.61. The number of piperidine rings is 1. The molecule has 148 valence electrons. The van der Waals surface area contributed by atoms with Crippen LogP contribution in [0.25, 0.3) is 0 Å². The lowest BCUT2D eigenvalue weighted by Gasteiger charge is -2.41. The van der Waals surface area contributed by atoms with Gasteiger partial charge in [-0.05, 0) is 50.5 Å². The second-order valence-electron chi connectivity index (χ2n) is 8.21. The molecule has 0 spiro atoms. The monoisotopic (exact) mass is 386 g/mol. The summed E-state index contributed by atoms with van der Waals surface area (Å²) in [5.41, 5.74) is 5.14. The molecule has 0 aromatic rings. The van der Waals surface area contributed by atoms with Gasteiger partial charge in [-0.1, -0.05) is 19.3 Å². The molecular weight excluding hydrogens is 356 g/mol. The van der Waals surface area contributed by atoms with Crippen LogP contribution in [0.2, 0.25) is 0 Å². The number of rotatable bonds is 4. The van der Waals surface area contributed by atoms with Crippen LogP contribution in [0.5, 0.6) is 0 Å². The van der Waals surface area contributed by atoms with Gasteiger partial charge in [-0.15, -0.1) is 12.4 Å². The van der Waals surface area contributed by atoms with Gasteiger partial charge in [0.1, 0.15) is 5.54 Å². The summed E-state index contributed by atoms with van der Waals surface area (Å²) in [7, 11) is 0. The molecule has 0 bridgehead atoms. The van der Waals surface area contributed by atoms with E-state index >= 15 is 0 Å². The summed E-state index contributed by atoms with van der Waals surface area (Å²) >= 11 is 0. The van der Waals surface area contributed by atoms with Crippen molar-refractivity contribution in [3.8, 4) is 0 Å². The predicted molar refractivity (Wildman–Crippen MR) is 101 cm³/mol. The van der Waals surface area contributed by atoms with Crippen LogP contribution in [-0.2, 0) is 9.59 Å². The van der Waals surface area contributed by atoms with Gasteiger partial charge < -0.3 is 16.0 Å². The Kier molecular flexibility index (Phi) is 6.55. The number of nitrogens with one attached hydrogen (secondary N) is 2. The fourth-order valence-electron chi connectivity index (χ4n) is 4.74. The molecule has 2 aliphatic heterocycles. The van der Waals surface area contributed by atoms with Gasteiger partial charge >= 0.3 is 6.03 Å². The standard InChI is InChI=1S/C18H30N4O3.ClH/c1-17(15(24)20-16(25)21-17)13-5-9-22(10-6-13)14(23)11-18(12-19)7-3-2-4-8-18;/h13H,2-12,19H2,1H3,(H2,20,21,24,25);1H. The normalized spacial score (nSPS) is 28.9. The Hall–Kier alpha value is -1.34. The number of imide groups is 1. The molecule has 0 radical (unpaired) electrons. The SMILES string of the molecule is CC1(C2CCN(C(=O)CC3(CN)CCCCC3)CC2)NC(=O)NC1=O.Cl. The third kappa shape index (κ3) is 3.98. The molecule has 0 aromatic carbocycles. The van der Waals surface area contributed by atoms with Crippen molar-refractivity contribution in [2.75, 3.05) is 19.6 Å². The quantitative estimate of drug-likeness (QED) is 0.637. The van der Waals surface area contributed by atoms with Crippen molar-refractivity contribution in [1.29, 1.82) is 0 Å². The molecule has 1 unspecified atom stereocenters. The number of amides is 4. The fraction of sp³-hybridized carbons (Fsp3) is 0.833. The molecule has 2 saturated heterocycles. The zero-order chi connectivity index (χ0) is 18.1. The molecule has 26 heavy (non-hydrogen) atoms. The first kappa shape index (κ1) is 21.0. The van der Waals surface area contributed by atoms with Crippen LogP contribution in [0.4, 0.5) is 4.79 Å². The van der Waals surface area contributed by atoms with E-state index in [1.807, 2.05) is 4.90 Å². The number of hydrogen-bond donors (Lipinski definition) is 3. The van der Waals surface area contributed by atoms with Crippen molar-refractivity contribution in [2.24, 2.45) is 17.1 Å². The Morgan fingerprint density at radius 2 is 1.81 bits per heavy atom. The van der Waals surface area contributed by atoms with Crippen LogP contribution in [0.3, 0.4) is 0 Å². The molecule has 1 aliphatic carbocycles. The van der Waals surface area contributed by atoms with E-state index in [9.17, 15) is 14.4 Å². The minimum absolute atomic E-state index is 0. The number of nitrogens with zero attached hydrogens (tertiary/aromatic N) is 1. The largest absolute Gasteiger partial charge is 0.343 e. The van der Waals surface area contributed by atoms with E-state index in [2.05, 4.69) is 10.6 Å². The maximum atomic E-state index is 12.8. The van der Waals surface area contributed by atoms with Crippen LogP contribution in [0.1, 0.15) is 58.3 Å². The molecule has 1 saturated carbocycles. The van der Waals surface area contributed by atoms with Crippen LogP contribution < -0.4 is 16.4 Å². The molecule has 4 N–H and O–H groups in total. The minimum Gasteiger partial charge on any atom is -0.343 e. The number of nitrogens with two attached hydrogens (primary N) is 1. The van der Waals surface area contributed by atoms with Crippen molar-refractivity contribution < 1.29 is 14.4 Å². The Labute approximate surface area is 161 Å². The lowest BCUT2D eigenvalue weighted by molar-refractivity contribution is -0.136. The summed E-state index contributed by atoms with van der Waals surface area (Å²) in [6.45, 7) is 3.64. The molecule has 7 nitrogen and oxygen atoms in total. The number of urea groups is 1. The maximum absolute atomic E-state index is 12.8. The van der Waals surface area contributed by atoms with Crippen LogP contribution in [0, 0.1) is 11.3 Å². The fourth-order valence-corrected chi connectivity index (χ4v) is 4.74. The molecule has 1 atom stereocenters. The van der Waals surface area contributed by atoms with Gasteiger partial charge in [-0.25, -0.2) is 4.79 Å². The Morgan fingerprint density at radius 3 is 2.31 bits per heavy atom. The maximum Gasteiger partial charge on any atom is 0.322 e. The molecule has 3 fully saturated rings. The predicted octanol–water partition coefficient (Wildman–Crippen LogP) is 1.54. The number of hydrogen-bond acceptors (Lipinski definition) is 4. The first-order chi connectivity index (χ1) is 11.9. The van der Waals surface area contributed by atoms with Gasteiger partial charge in [-0.3, -0.25) is 14.9 Å². The molecule has 8 heteroatoms. The summed E-state index contributed by atoms with van der Waals surface area (Å²) in [5.74, 6) is -0.0106. The average molecular weight is 387 g/mol. The van der Waals surface area contributed by atoms with Gasteiger partial charge in [0.15, 0.2) is 0 Å². The molecular formula is C18H31ClN4O3. The van der Waals surface area contributed by atoms with Crippen molar-refractivity contribution in [3.63, 3.8) is 0 Å². The molecule has 3 aliphatic rings. The lowest BCUT2D eigenvalue weighted by atomic mass is 9.71. The highest BCUT2D eigenvalue weighted by Crippen LogP contribution is 2.39. The van der Waals surface area contributed by atoms with E-state index in [-0.39, 0.29) is 35.6 Å². The van der Waals surface area contributed by atoms with Crippen LogP contribution in [-0.4, -0.2) is 47.9 Å². The molecule has 4 amide bonds. The van der Waals surface area contributed by atoms with E-state index in [1.165, 1.54) is 19.3 Å². The summed E-state index contributed by atoms with van der Waals surface area (Å²) in [4.78, 5) is 38.2. The first-order valence-electron chi connectivity index (χ1n) is 9.50. The van der Waals surface area contributed by atoms with Gasteiger partial charge in [-0.2, -0.15) is 0 Å². The van der Waals surface area contributed by atoms with E-state index in [0.717, 1.165) is 25.7 Å². The summed E-state index contributed by atoms with van der Waals surface area (Å²) in [5, 5.41) is 5.08. The molecule has 3 rings (SSSR count). The van der Waals surface area contributed by atoms with Gasteiger partial charge in [0.2, 0.25) is 5.91 Å². The van der Waals surface area contributed by atoms with Crippen molar-refractivity contribution in [1.82, 2.24) is 15.5 Å². The summed E-state index contributed by atoms with van der Waals surface area (Å²) in [6, 6.07) is -0.423. The number of carbonyl (C=O) groups is 3. The minimum atomic E-state index is -0.853. The van der Waals surface area contributed by atoms with E-state index in [1.54, 1.807) is 6.92 Å². The van der Waals surface area contributed by atoms with Crippen LogP contribution >= 0.6 is 12.4 Å². The third-order valence-corrected chi connectivity index (χ3v) is 6.61. The lowest BCUT2D eigenvalue weighted by Crippen LogP contribution is -2.54. The summed E-state index contributed by atoms with van der Waals surface area (Å²) < 4.78 is 0. The zero-order valence-electron chi connectivity index (χ0n) is 15.5. The second-order valence-corrected chi connectivity index (χ2v) is 8.21. The topological polar surface area (TPSA) is 105 Å². The first-order valence-corrected chi connectivity index (χ1v) is 9.50. The van der Waals surface area contributed by atoms with Crippen LogP contribution in [0.15, 0.2) is 0 Å². The molecule has 0 aromatic heterocycles. The van der Waals surface area contributed by atoms with Crippen molar-refractivity contribution in [2.45, 2.75) is 63.8 Å². The summed E-state index contributed by atoms with van der Waals surface area (Å²) in [6.07, 6.45) is 7.68. The Bertz CT molecular complexity index is 557. The Balaban J connectivity index is 0.00000243. The number of halogens is 1.